The molecule has 2 N–H and O–H groups in total. The van der Waals surface area contributed by atoms with E-state index in [0.717, 1.165) is 28.9 Å². The van der Waals surface area contributed by atoms with Crippen LogP contribution in [-0.4, -0.2) is 29.4 Å². The number of nitrogens with zero attached hydrogens (tertiary/aromatic N) is 5. The van der Waals surface area contributed by atoms with Gasteiger partial charge in [-0.05, 0) is 42.2 Å². The highest BCUT2D eigenvalue weighted by Crippen LogP contribution is 2.24. The average molecular weight is 460 g/mol. The number of aromatic nitrogens is 6. The van der Waals surface area contributed by atoms with Crippen molar-refractivity contribution in [1.29, 1.82) is 0 Å². The van der Waals surface area contributed by atoms with E-state index >= 15 is 0 Å². The first-order valence-corrected chi connectivity index (χ1v) is 11.0. The van der Waals surface area contributed by atoms with E-state index in [4.69, 9.17) is 11.6 Å². The Labute approximate surface area is 194 Å². The van der Waals surface area contributed by atoms with Crippen LogP contribution >= 0.6 is 11.6 Å². The monoisotopic (exact) mass is 459 g/mol. The lowest BCUT2D eigenvalue weighted by Crippen LogP contribution is -2.16. The maximum Gasteiger partial charge on any atom is 0.275 e. The largest absolute Gasteiger partial charge is 0.349 e. The number of nitrogens with one attached hydrogen (secondary N) is 2. The fraction of sp³-hybridized carbons (Fsp3) is 0.167. The first kappa shape index (κ1) is 21.0. The molecule has 8 nitrogen and oxygen atoms in total. The van der Waals surface area contributed by atoms with Crippen LogP contribution in [0.15, 0.2) is 71.7 Å². The third kappa shape index (κ3) is 4.65. The van der Waals surface area contributed by atoms with E-state index in [1.54, 1.807) is 10.7 Å². The van der Waals surface area contributed by atoms with Gasteiger partial charge in [0.05, 0.1) is 5.69 Å². The van der Waals surface area contributed by atoms with Crippen LogP contribution in [0, 0.1) is 0 Å². The molecule has 0 saturated carbocycles. The minimum Gasteiger partial charge on any atom is -0.349 e. The molecule has 0 aliphatic carbocycles. The summed E-state index contributed by atoms with van der Waals surface area (Å²) in [5.74, 6) is 0.754. The highest BCUT2D eigenvalue weighted by molar-refractivity contribution is 6.31. The van der Waals surface area contributed by atoms with Crippen molar-refractivity contribution in [1.82, 2.24) is 29.4 Å². The maximum absolute atomic E-state index is 12.5. The molecule has 0 bridgehead atoms. The van der Waals surface area contributed by atoms with Gasteiger partial charge in [0.1, 0.15) is 0 Å². The van der Waals surface area contributed by atoms with E-state index < -0.39 is 0 Å². The minimum absolute atomic E-state index is 0.220. The van der Waals surface area contributed by atoms with Gasteiger partial charge >= 0.3 is 0 Å². The molecule has 0 fully saturated rings. The Kier molecular flexibility index (Phi) is 5.66. The van der Waals surface area contributed by atoms with Crippen LogP contribution in [0.2, 0.25) is 5.02 Å². The third-order valence-corrected chi connectivity index (χ3v) is 5.77. The zero-order chi connectivity index (χ0) is 22.8. The van der Waals surface area contributed by atoms with Gasteiger partial charge in [0.25, 0.3) is 5.56 Å². The summed E-state index contributed by atoms with van der Waals surface area (Å²) in [7, 11) is 1.88. The van der Waals surface area contributed by atoms with Crippen LogP contribution in [0.4, 0.5) is 5.95 Å². The molecular formula is C24H22ClN7O. The number of rotatable bonds is 7. The van der Waals surface area contributed by atoms with Crippen molar-refractivity contribution in [2.75, 3.05) is 5.32 Å². The summed E-state index contributed by atoms with van der Waals surface area (Å²) in [4.78, 5) is 20.2. The van der Waals surface area contributed by atoms with Gasteiger partial charge in [0.15, 0.2) is 0 Å². The van der Waals surface area contributed by atoms with Gasteiger partial charge in [-0.15, -0.1) is 5.10 Å². The smallest absolute Gasteiger partial charge is 0.275 e. The number of anilines is 1. The van der Waals surface area contributed by atoms with Crippen molar-refractivity contribution < 1.29 is 0 Å². The molecule has 0 amide bonds. The highest BCUT2D eigenvalue weighted by Gasteiger charge is 2.11. The molecule has 2 aromatic carbocycles. The average Bonchev–Trinajstić information content (AvgIpc) is 3.44. The predicted octanol–water partition coefficient (Wildman–Crippen LogP) is 3.87. The highest BCUT2D eigenvalue weighted by atomic mass is 35.5. The van der Waals surface area contributed by atoms with Crippen LogP contribution in [0.3, 0.4) is 0 Å². The number of aryl methyl sites for hydroxylation is 3. The zero-order valence-electron chi connectivity index (χ0n) is 18.0. The van der Waals surface area contributed by atoms with Crippen molar-refractivity contribution >= 4 is 23.3 Å². The van der Waals surface area contributed by atoms with Crippen LogP contribution in [0.5, 0.6) is 0 Å². The van der Waals surface area contributed by atoms with Crippen molar-refractivity contribution in [3.63, 3.8) is 0 Å². The van der Waals surface area contributed by atoms with Gasteiger partial charge in [-0.25, -0.2) is 0 Å². The second kappa shape index (κ2) is 8.91. The zero-order valence-corrected chi connectivity index (χ0v) is 18.8. The molecule has 166 valence electrons. The maximum atomic E-state index is 12.5. The molecule has 33 heavy (non-hydrogen) atoms. The Balaban J connectivity index is 1.32. The fourth-order valence-electron chi connectivity index (χ4n) is 3.68. The lowest BCUT2D eigenvalue weighted by atomic mass is 10.1. The molecule has 5 aromatic rings. The standard InChI is InChI=1S/C24H22ClN7O/c1-31-12-11-21(29-31)17-8-10-20(25)18(13-17)15-26-23-28-24-27-19(14-22(33)32(24)30-23)9-7-16-5-3-2-4-6-16/h2-6,8,10-14H,7,9,15H2,1H3,(H2,26,27,28,30). The molecule has 3 aromatic heterocycles. The van der Waals surface area contributed by atoms with Crippen LogP contribution in [0.1, 0.15) is 16.8 Å². The molecule has 0 aliphatic rings. The van der Waals surface area contributed by atoms with Crippen molar-refractivity contribution in [3.05, 3.63) is 99.1 Å². The Morgan fingerprint density at radius 2 is 1.88 bits per heavy atom. The number of hydrogen-bond acceptors (Lipinski definition) is 5. The van der Waals surface area contributed by atoms with Gasteiger partial charge in [0.2, 0.25) is 11.7 Å². The number of H-pyrrole nitrogens is 1. The molecule has 0 saturated heterocycles. The van der Waals surface area contributed by atoms with E-state index in [0.29, 0.717) is 29.7 Å². The normalized spacial score (nSPS) is 11.2. The number of halogens is 1. The Morgan fingerprint density at radius 3 is 2.67 bits per heavy atom. The van der Waals surface area contributed by atoms with Gasteiger partial charge in [-0.3, -0.25) is 9.48 Å². The van der Waals surface area contributed by atoms with Gasteiger partial charge in [-0.2, -0.15) is 14.6 Å². The molecule has 0 unspecified atom stereocenters. The second-order valence-electron chi connectivity index (χ2n) is 7.82. The molecule has 3 heterocycles. The Bertz CT molecular complexity index is 1470. The third-order valence-electron chi connectivity index (χ3n) is 5.40. The SMILES string of the molecule is Cn1ccc(-c2ccc(Cl)c(CNc3nc4[nH]c(CCc5ccccc5)cc(=O)n4n3)c2)n1. The summed E-state index contributed by atoms with van der Waals surface area (Å²) in [5, 5.41) is 12.5. The predicted molar refractivity (Wildman–Crippen MR) is 128 cm³/mol. The van der Waals surface area contributed by atoms with E-state index in [2.05, 4.69) is 37.6 Å². The van der Waals surface area contributed by atoms with Crippen LogP contribution < -0.4 is 10.9 Å². The summed E-state index contributed by atoms with van der Waals surface area (Å²) in [6.45, 7) is 0.408. The van der Waals surface area contributed by atoms with Crippen molar-refractivity contribution in [2.24, 2.45) is 7.05 Å². The summed E-state index contributed by atoms with van der Waals surface area (Å²) >= 11 is 6.40. The van der Waals surface area contributed by atoms with E-state index in [9.17, 15) is 4.79 Å². The Hall–Kier alpha value is -3.91. The number of hydrogen-bond donors (Lipinski definition) is 2. The summed E-state index contributed by atoms with van der Waals surface area (Å²) < 4.78 is 3.02. The molecule has 9 heteroatoms. The molecule has 5 rings (SSSR count). The van der Waals surface area contributed by atoms with E-state index in [1.165, 1.54) is 10.1 Å². The van der Waals surface area contributed by atoms with E-state index in [-0.39, 0.29) is 5.56 Å². The molecule has 0 radical (unpaired) electrons. The van der Waals surface area contributed by atoms with Gasteiger partial charge in [-0.1, -0.05) is 48.0 Å². The number of fused-ring (bicyclic) bond motifs is 1. The lowest BCUT2D eigenvalue weighted by Gasteiger charge is -2.07. The van der Waals surface area contributed by atoms with Crippen LogP contribution in [0.25, 0.3) is 17.0 Å². The van der Waals surface area contributed by atoms with Gasteiger partial charge in [0, 0.05) is 42.1 Å². The summed E-state index contributed by atoms with van der Waals surface area (Å²) in [5.41, 5.74) is 4.54. The second-order valence-corrected chi connectivity index (χ2v) is 8.23. The quantitative estimate of drug-likeness (QED) is 0.385. The van der Waals surface area contributed by atoms with E-state index in [1.807, 2.05) is 55.7 Å². The Morgan fingerprint density at radius 1 is 1.03 bits per heavy atom. The summed E-state index contributed by atoms with van der Waals surface area (Å²) in [6, 6.07) is 19.5. The lowest BCUT2D eigenvalue weighted by molar-refractivity contribution is 0.771. The molecule has 0 spiro atoms. The topological polar surface area (TPSA) is 92.9 Å². The molecule has 0 aliphatic heterocycles. The molecular weight excluding hydrogens is 438 g/mol. The van der Waals surface area contributed by atoms with Crippen molar-refractivity contribution in [2.45, 2.75) is 19.4 Å². The summed E-state index contributed by atoms with van der Waals surface area (Å²) in [6.07, 6.45) is 3.44. The fourth-order valence-corrected chi connectivity index (χ4v) is 3.87. The number of benzene rings is 2. The first-order valence-electron chi connectivity index (χ1n) is 10.6. The van der Waals surface area contributed by atoms with Crippen molar-refractivity contribution in [3.8, 4) is 11.3 Å². The first-order chi connectivity index (χ1) is 16.0. The van der Waals surface area contributed by atoms with Gasteiger partial charge < -0.3 is 10.3 Å². The number of aromatic amines is 1. The minimum atomic E-state index is -0.220. The molecule has 0 atom stereocenters. The van der Waals surface area contributed by atoms with Crippen LogP contribution in [-0.2, 0) is 26.4 Å².